The van der Waals surface area contributed by atoms with E-state index in [-0.39, 0.29) is 0 Å². The van der Waals surface area contributed by atoms with E-state index in [0.717, 1.165) is 5.69 Å². The van der Waals surface area contributed by atoms with E-state index in [0.29, 0.717) is 29.0 Å². The summed E-state index contributed by atoms with van der Waals surface area (Å²) >= 11 is 6.09. The summed E-state index contributed by atoms with van der Waals surface area (Å²) in [4.78, 5) is 12.9. The summed E-state index contributed by atoms with van der Waals surface area (Å²) in [5, 5.41) is 3.50. The van der Waals surface area contributed by atoms with Crippen LogP contribution in [0.15, 0.2) is 24.4 Å². The summed E-state index contributed by atoms with van der Waals surface area (Å²) in [6.07, 6.45) is 1.66. The molecule has 0 unspecified atom stereocenters. The van der Waals surface area contributed by atoms with E-state index in [2.05, 4.69) is 20.3 Å². The predicted octanol–water partition coefficient (Wildman–Crippen LogP) is 2.38. The fourth-order valence-corrected chi connectivity index (χ4v) is 1.71. The quantitative estimate of drug-likeness (QED) is 0.919. The van der Waals surface area contributed by atoms with Gasteiger partial charge in [0.2, 0.25) is 0 Å². The van der Waals surface area contributed by atoms with Crippen LogP contribution in [0.3, 0.4) is 0 Å². The summed E-state index contributed by atoms with van der Waals surface area (Å²) < 4.78 is 5.08. The lowest BCUT2D eigenvalue weighted by molar-refractivity contribution is 0.181. The molecule has 2 aromatic heterocycles. The van der Waals surface area contributed by atoms with E-state index >= 15 is 0 Å². The Morgan fingerprint density at radius 3 is 2.89 bits per heavy atom. The maximum absolute atomic E-state index is 6.09. The highest BCUT2D eigenvalue weighted by Gasteiger charge is 2.10. The molecule has 2 rings (SSSR count). The van der Waals surface area contributed by atoms with Gasteiger partial charge in [0.05, 0.1) is 17.3 Å². The summed E-state index contributed by atoms with van der Waals surface area (Å²) in [6, 6.07) is 5.35. The van der Waals surface area contributed by atoms with Gasteiger partial charge in [-0.2, -0.15) is 0 Å². The molecule has 2 aromatic rings. The van der Waals surface area contributed by atoms with Crippen LogP contribution in [0.4, 0.5) is 5.82 Å². The average molecular weight is 265 g/mol. The minimum atomic E-state index is 0.411. The first-order valence-corrected chi connectivity index (χ1v) is 5.78. The lowest BCUT2D eigenvalue weighted by Gasteiger charge is -2.07. The summed E-state index contributed by atoms with van der Waals surface area (Å²) in [5.41, 5.74) is 1.34. The minimum Gasteiger partial charge on any atom is -0.378 e. The molecule has 0 atom stereocenters. The van der Waals surface area contributed by atoms with Crippen molar-refractivity contribution in [1.82, 2.24) is 15.0 Å². The third kappa shape index (κ3) is 2.75. The highest BCUT2D eigenvalue weighted by atomic mass is 35.5. The zero-order valence-electron chi connectivity index (χ0n) is 10.1. The summed E-state index contributed by atoms with van der Waals surface area (Å²) in [5.74, 6) is 1.19. The van der Waals surface area contributed by atoms with E-state index in [9.17, 15) is 0 Å². The number of pyridine rings is 1. The first-order valence-electron chi connectivity index (χ1n) is 5.40. The molecular weight excluding hydrogens is 252 g/mol. The van der Waals surface area contributed by atoms with Gasteiger partial charge < -0.3 is 10.1 Å². The number of aromatic nitrogens is 3. The van der Waals surface area contributed by atoms with Crippen molar-refractivity contribution >= 4 is 17.4 Å². The maximum atomic E-state index is 6.09. The monoisotopic (exact) mass is 264 g/mol. The lowest BCUT2D eigenvalue weighted by atomic mass is 10.3. The van der Waals surface area contributed by atoms with Gasteiger partial charge in [-0.1, -0.05) is 11.6 Å². The molecule has 0 aliphatic carbocycles. The second-order valence-corrected chi connectivity index (χ2v) is 3.99. The number of nitrogens with zero attached hydrogens (tertiary/aromatic N) is 3. The molecule has 0 aliphatic heterocycles. The number of halogens is 1. The van der Waals surface area contributed by atoms with Crippen LogP contribution in [0.5, 0.6) is 0 Å². The SMILES string of the molecule is CNc1cc(COC)nc(-c2ncccc2Cl)n1. The van der Waals surface area contributed by atoms with Crippen molar-refractivity contribution in [2.75, 3.05) is 19.5 Å². The van der Waals surface area contributed by atoms with Gasteiger partial charge in [-0.3, -0.25) is 4.98 Å². The van der Waals surface area contributed by atoms with E-state index in [1.165, 1.54) is 0 Å². The van der Waals surface area contributed by atoms with Crippen molar-refractivity contribution in [1.29, 1.82) is 0 Å². The van der Waals surface area contributed by atoms with Crippen molar-refractivity contribution in [3.05, 3.63) is 35.1 Å². The van der Waals surface area contributed by atoms with Gasteiger partial charge in [0.25, 0.3) is 0 Å². The van der Waals surface area contributed by atoms with Gasteiger partial charge >= 0.3 is 0 Å². The Morgan fingerprint density at radius 1 is 1.39 bits per heavy atom. The molecule has 0 saturated heterocycles. The van der Waals surface area contributed by atoms with E-state index < -0.39 is 0 Å². The Bertz CT molecular complexity index is 547. The number of rotatable bonds is 4. The summed E-state index contributed by atoms with van der Waals surface area (Å²) in [7, 11) is 3.41. The van der Waals surface area contributed by atoms with Crippen LogP contribution in [-0.2, 0) is 11.3 Å². The zero-order valence-corrected chi connectivity index (χ0v) is 10.9. The molecule has 18 heavy (non-hydrogen) atoms. The predicted molar refractivity (Wildman–Crippen MR) is 70.5 cm³/mol. The Labute approximate surface area is 110 Å². The molecule has 94 valence electrons. The van der Waals surface area contributed by atoms with E-state index in [1.54, 1.807) is 32.5 Å². The average Bonchev–Trinajstić information content (AvgIpc) is 2.39. The number of anilines is 1. The Balaban J connectivity index is 2.50. The number of hydrogen-bond acceptors (Lipinski definition) is 5. The van der Waals surface area contributed by atoms with Crippen molar-refractivity contribution in [2.45, 2.75) is 6.61 Å². The Kier molecular flexibility index (Phi) is 4.07. The number of methoxy groups -OCH3 is 1. The van der Waals surface area contributed by atoms with Crippen molar-refractivity contribution < 1.29 is 4.74 Å². The van der Waals surface area contributed by atoms with Crippen LogP contribution in [0.25, 0.3) is 11.5 Å². The summed E-state index contributed by atoms with van der Waals surface area (Å²) in [6.45, 7) is 0.411. The molecule has 0 fully saturated rings. The van der Waals surface area contributed by atoms with Crippen LogP contribution in [0.1, 0.15) is 5.69 Å². The van der Waals surface area contributed by atoms with Gasteiger partial charge in [0.15, 0.2) is 5.82 Å². The molecule has 2 heterocycles. The smallest absolute Gasteiger partial charge is 0.182 e. The second kappa shape index (κ2) is 5.75. The van der Waals surface area contributed by atoms with Crippen LogP contribution < -0.4 is 5.32 Å². The van der Waals surface area contributed by atoms with Gasteiger partial charge in [-0.05, 0) is 12.1 Å². The largest absolute Gasteiger partial charge is 0.378 e. The Hall–Kier alpha value is -1.72. The molecule has 5 nitrogen and oxygen atoms in total. The Morgan fingerprint density at radius 2 is 2.22 bits per heavy atom. The number of ether oxygens (including phenoxy) is 1. The number of hydrogen-bond donors (Lipinski definition) is 1. The molecule has 0 spiro atoms. The van der Waals surface area contributed by atoms with Gasteiger partial charge in [0, 0.05) is 26.4 Å². The number of nitrogens with one attached hydrogen (secondary N) is 1. The van der Waals surface area contributed by atoms with Crippen molar-refractivity contribution in [2.24, 2.45) is 0 Å². The standard InChI is InChI=1S/C12H13ClN4O/c1-14-10-6-8(7-18-2)16-12(17-10)11-9(13)4-3-5-15-11/h3-6H,7H2,1-2H3,(H,14,16,17). The molecule has 0 amide bonds. The maximum Gasteiger partial charge on any atom is 0.182 e. The fraction of sp³-hybridized carbons (Fsp3) is 0.250. The van der Waals surface area contributed by atoms with Crippen LogP contribution in [0, 0.1) is 0 Å². The van der Waals surface area contributed by atoms with Gasteiger partial charge in [0.1, 0.15) is 11.5 Å². The molecule has 0 bridgehead atoms. The van der Waals surface area contributed by atoms with Crippen LogP contribution >= 0.6 is 11.6 Å². The van der Waals surface area contributed by atoms with E-state index in [4.69, 9.17) is 16.3 Å². The van der Waals surface area contributed by atoms with Gasteiger partial charge in [-0.15, -0.1) is 0 Å². The molecular formula is C12H13ClN4O. The molecule has 1 N–H and O–H groups in total. The molecule has 0 aliphatic rings. The van der Waals surface area contributed by atoms with Gasteiger partial charge in [-0.25, -0.2) is 9.97 Å². The highest BCUT2D eigenvalue weighted by molar-refractivity contribution is 6.32. The fourth-order valence-electron chi connectivity index (χ4n) is 1.50. The normalized spacial score (nSPS) is 10.4. The second-order valence-electron chi connectivity index (χ2n) is 3.58. The lowest BCUT2D eigenvalue weighted by Crippen LogP contribution is -2.02. The topological polar surface area (TPSA) is 59.9 Å². The molecule has 0 radical (unpaired) electrons. The van der Waals surface area contributed by atoms with Crippen molar-refractivity contribution in [3.8, 4) is 11.5 Å². The molecule has 6 heteroatoms. The minimum absolute atomic E-state index is 0.411. The third-order valence-electron chi connectivity index (χ3n) is 2.30. The third-order valence-corrected chi connectivity index (χ3v) is 2.60. The first-order chi connectivity index (χ1) is 8.74. The first kappa shape index (κ1) is 12.7. The zero-order chi connectivity index (χ0) is 13.0. The molecule has 0 aromatic carbocycles. The van der Waals surface area contributed by atoms with Crippen LogP contribution in [0.2, 0.25) is 5.02 Å². The molecule has 0 saturated carbocycles. The van der Waals surface area contributed by atoms with Crippen molar-refractivity contribution in [3.63, 3.8) is 0 Å². The van der Waals surface area contributed by atoms with E-state index in [1.807, 2.05) is 6.07 Å². The highest BCUT2D eigenvalue weighted by Crippen LogP contribution is 2.23. The van der Waals surface area contributed by atoms with Crippen LogP contribution in [-0.4, -0.2) is 29.1 Å².